The number of aromatic nitrogens is 1. The van der Waals surface area contributed by atoms with Crippen molar-refractivity contribution in [1.29, 1.82) is 0 Å². The van der Waals surface area contributed by atoms with Crippen LogP contribution in [0.1, 0.15) is 62.5 Å². The topological polar surface area (TPSA) is 71.2 Å². The van der Waals surface area contributed by atoms with Crippen molar-refractivity contribution in [3.8, 4) is 0 Å². The van der Waals surface area contributed by atoms with Crippen LogP contribution in [0.25, 0.3) is 0 Å². The molecule has 1 aromatic heterocycles. The van der Waals surface area contributed by atoms with Crippen LogP contribution in [0.15, 0.2) is 12.1 Å². The summed E-state index contributed by atoms with van der Waals surface area (Å²) >= 11 is 0. The van der Waals surface area contributed by atoms with Gasteiger partial charge in [-0.25, -0.2) is 10.8 Å². The number of piperidine rings is 1. The number of nitrogens with two attached hydrogens (primary N) is 1. The highest BCUT2D eigenvalue weighted by Crippen LogP contribution is 2.29. The van der Waals surface area contributed by atoms with Gasteiger partial charge < -0.3 is 10.3 Å². The highest BCUT2D eigenvalue weighted by Gasteiger charge is 2.30. The first-order valence-corrected chi connectivity index (χ1v) is 7.60. The van der Waals surface area contributed by atoms with E-state index in [1.54, 1.807) is 6.07 Å². The lowest BCUT2D eigenvalue weighted by atomic mass is 9.84. The monoisotopic (exact) mass is 290 g/mol. The minimum atomic E-state index is 0.0728. The van der Waals surface area contributed by atoms with Crippen LogP contribution < -0.4 is 11.3 Å². The molecule has 0 bridgehead atoms. The number of carbonyl (C=O) groups is 1. The van der Waals surface area contributed by atoms with Gasteiger partial charge in [0, 0.05) is 24.3 Å². The Morgan fingerprint density at radius 2 is 2.14 bits per heavy atom. The number of carbonyl (C=O) groups excluding carboxylic acids is 1. The zero-order chi connectivity index (χ0) is 15.6. The lowest BCUT2D eigenvalue weighted by Crippen LogP contribution is -2.43. The van der Waals surface area contributed by atoms with Crippen molar-refractivity contribution in [3.63, 3.8) is 0 Å². The minimum Gasteiger partial charge on any atom is -0.338 e. The summed E-state index contributed by atoms with van der Waals surface area (Å²) < 4.78 is 0. The summed E-state index contributed by atoms with van der Waals surface area (Å²) in [5.41, 5.74) is 4.29. The van der Waals surface area contributed by atoms with Crippen molar-refractivity contribution in [3.05, 3.63) is 23.4 Å². The molecule has 21 heavy (non-hydrogen) atoms. The van der Waals surface area contributed by atoms with Crippen molar-refractivity contribution in [2.45, 2.75) is 46.5 Å². The van der Waals surface area contributed by atoms with Crippen molar-refractivity contribution in [2.75, 3.05) is 18.5 Å². The molecule has 1 saturated heterocycles. The van der Waals surface area contributed by atoms with Gasteiger partial charge in [0.1, 0.15) is 5.82 Å². The van der Waals surface area contributed by atoms with Gasteiger partial charge in [-0.1, -0.05) is 27.7 Å². The van der Waals surface area contributed by atoms with Crippen molar-refractivity contribution >= 4 is 11.7 Å². The molecule has 5 heteroatoms. The van der Waals surface area contributed by atoms with Crippen LogP contribution in [-0.2, 0) is 0 Å². The van der Waals surface area contributed by atoms with E-state index in [2.05, 4.69) is 38.1 Å². The van der Waals surface area contributed by atoms with Gasteiger partial charge in [-0.15, -0.1) is 0 Å². The molecule has 2 heterocycles. The van der Waals surface area contributed by atoms with Gasteiger partial charge in [0.05, 0.1) is 0 Å². The molecular weight excluding hydrogens is 264 g/mol. The molecule has 3 N–H and O–H groups in total. The Kier molecular flexibility index (Phi) is 4.52. The third-order valence-electron chi connectivity index (χ3n) is 4.02. The Bertz CT molecular complexity index is 525. The second-order valence-electron chi connectivity index (χ2n) is 6.96. The summed E-state index contributed by atoms with van der Waals surface area (Å²) in [5, 5.41) is 0. The molecule has 116 valence electrons. The fourth-order valence-corrected chi connectivity index (χ4v) is 2.82. The van der Waals surface area contributed by atoms with Crippen LogP contribution in [0.2, 0.25) is 0 Å². The molecule has 0 aliphatic carbocycles. The van der Waals surface area contributed by atoms with Crippen molar-refractivity contribution < 1.29 is 4.79 Å². The van der Waals surface area contributed by atoms with E-state index in [-0.39, 0.29) is 17.2 Å². The van der Waals surface area contributed by atoms with Gasteiger partial charge >= 0.3 is 0 Å². The first-order chi connectivity index (χ1) is 9.82. The van der Waals surface area contributed by atoms with Gasteiger partial charge in [0.25, 0.3) is 5.91 Å². The minimum absolute atomic E-state index is 0.0728. The summed E-state index contributed by atoms with van der Waals surface area (Å²) in [6.07, 6.45) is 2.23. The fraction of sp³-hybridized carbons (Fsp3) is 0.625. The Morgan fingerprint density at radius 3 is 2.71 bits per heavy atom. The molecule has 1 aliphatic rings. The highest BCUT2D eigenvalue weighted by atomic mass is 16.2. The summed E-state index contributed by atoms with van der Waals surface area (Å²) in [4.78, 5) is 19.1. The first kappa shape index (κ1) is 15.8. The van der Waals surface area contributed by atoms with E-state index >= 15 is 0 Å². The molecule has 1 aliphatic heterocycles. The van der Waals surface area contributed by atoms with E-state index in [1.165, 1.54) is 6.42 Å². The van der Waals surface area contributed by atoms with Crippen LogP contribution in [0.4, 0.5) is 5.82 Å². The van der Waals surface area contributed by atoms with Crippen LogP contribution in [0, 0.1) is 5.41 Å². The predicted octanol–water partition coefficient (Wildman–Crippen LogP) is 2.75. The Hall–Kier alpha value is -1.62. The van der Waals surface area contributed by atoms with E-state index in [4.69, 9.17) is 5.84 Å². The molecule has 0 atom stereocenters. The number of pyridine rings is 1. The maximum atomic E-state index is 12.8. The number of nitrogens with zero attached hydrogens (tertiary/aromatic N) is 2. The highest BCUT2D eigenvalue weighted by molar-refractivity contribution is 5.95. The number of nitrogen functional groups attached to an aromatic ring is 1. The molecule has 0 aromatic carbocycles. The van der Waals surface area contributed by atoms with E-state index in [0.717, 1.165) is 25.2 Å². The van der Waals surface area contributed by atoms with Crippen molar-refractivity contribution in [2.24, 2.45) is 11.3 Å². The molecule has 1 aromatic rings. The Morgan fingerprint density at radius 1 is 1.43 bits per heavy atom. The van der Waals surface area contributed by atoms with Crippen molar-refractivity contribution in [1.82, 2.24) is 9.88 Å². The lowest BCUT2D eigenvalue weighted by molar-refractivity contribution is 0.0583. The summed E-state index contributed by atoms with van der Waals surface area (Å²) in [6.45, 7) is 10.2. The number of amides is 1. The second-order valence-corrected chi connectivity index (χ2v) is 6.96. The van der Waals surface area contributed by atoms with E-state index in [0.29, 0.717) is 11.4 Å². The maximum Gasteiger partial charge on any atom is 0.254 e. The van der Waals surface area contributed by atoms with Gasteiger partial charge in [-0.05, 0) is 36.3 Å². The van der Waals surface area contributed by atoms with Crippen LogP contribution in [-0.4, -0.2) is 28.9 Å². The number of nitrogens with one attached hydrogen (secondary N) is 1. The number of likely N-dealkylation sites (tertiary alicyclic amines) is 1. The molecule has 0 spiro atoms. The average Bonchev–Trinajstić information content (AvgIpc) is 2.44. The molecule has 2 rings (SSSR count). The molecule has 1 fully saturated rings. The Labute approximate surface area is 126 Å². The van der Waals surface area contributed by atoms with E-state index in [1.807, 2.05) is 11.0 Å². The number of hydrogen-bond donors (Lipinski definition) is 2. The standard InChI is InChI=1S/C16H26N4O/c1-11(2)13-8-12(9-14(18-13)19-17)15(21)20-7-5-6-16(3,4)10-20/h8-9,11H,5-7,10,17H2,1-4H3,(H,18,19). The largest absolute Gasteiger partial charge is 0.338 e. The molecular formula is C16H26N4O. The number of hydrogen-bond acceptors (Lipinski definition) is 4. The first-order valence-electron chi connectivity index (χ1n) is 7.60. The van der Waals surface area contributed by atoms with Gasteiger partial charge in [-0.3, -0.25) is 4.79 Å². The third-order valence-corrected chi connectivity index (χ3v) is 4.02. The lowest BCUT2D eigenvalue weighted by Gasteiger charge is -2.38. The maximum absolute atomic E-state index is 12.8. The Balaban J connectivity index is 2.28. The number of hydrazine groups is 1. The van der Waals surface area contributed by atoms with E-state index < -0.39 is 0 Å². The number of anilines is 1. The van der Waals surface area contributed by atoms with Gasteiger partial charge in [-0.2, -0.15) is 0 Å². The third kappa shape index (κ3) is 3.73. The normalized spacial score (nSPS) is 17.9. The second kappa shape index (κ2) is 6.02. The summed E-state index contributed by atoms with van der Waals surface area (Å²) in [5.74, 6) is 6.34. The SMILES string of the molecule is CC(C)c1cc(C(=O)N2CCCC(C)(C)C2)cc(NN)n1. The van der Waals surface area contributed by atoms with Gasteiger partial charge in [0.2, 0.25) is 0 Å². The summed E-state index contributed by atoms with van der Waals surface area (Å²) in [6, 6.07) is 3.62. The zero-order valence-electron chi connectivity index (χ0n) is 13.4. The van der Waals surface area contributed by atoms with Crippen LogP contribution in [0.3, 0.4) is 0 Å². The molecule has 0 saturated carbocycles. The zero-order valence-corrected chi connectivity index (χ0v) is 13.4. The summed E-state index contributed by atoms with van der Waals surface area (Å²) in [7, 11) is 0. The average molecular weight is 290 g/mol. The fourth-order valence-electron chi connectivity index (χ4n) is 2.82. The van der Waals surface area contributed by atoms with Crippen LogP contribution >= 0.6 is 0 Å². The van der Waals surface area contributed by atoms with Crippen LogP contribution in [0.5, 0.6) is 0 Å². The number of rotatable bonds is 3. The smallest absolute Gasteiger partial charge is 0.254 e. The molecule has 5 nitrogen and oxygen atoms in total. The quantitative estimate of drug-likeness (QED) is 0.663. The molecule has 0 unspecified atom stereocenters. The molecule has 1 amide bonds. The van der Waals surface area contributed by atoms with Gasteiger partial charge in [0.15, 0.2) is 0 Å². The van der Waals surface area contributed by atoms with E-state index in [9.17, 15) is 4.79 Å². The predicted molar refractivity (Wildman–Crippen MR) is 85.1 cm³/mol. The molecule has 0 radical (unpaired) electrons.